The number of hydrogen-bond donors (Lipinski definition) is 4. The number of hydrogen-bond acceptors (Lipinski definition) is 13. The molecule has 2 heterocycles. The van der Waals surface area contributed by atoms with E-state index in [4.69, 9.17) is 23.4 Å². The fourth-order valence-electron chi connectivity index (χ4n) is 8.93. The zero-order valence-electron chi connectivity index (χ0n) is 30.8. The molecule has 3 aliphatic rings. The number of nitrogens with zero attached hydrogens (tertiary/aromatic N) is 1. The second-order valence-corrected chi connectivity index (χ2v) is 16.4. The van der Waals surface area contributed by atoms with Gasteiger partial charge in [0, 0.05) is 67.9 Å². The summed E-state index contributed by atoms with van der Waals surface area (Å²) in [4.78, 5) is 66.5. The molecular weight excluding hydrogens is 760 g/mol. The number of ether oxygens (including phenoxy) is 4. The highest BCUT2D eigenvalue weighted by atomic mass is 79.9. The summed E-state index contributed by atoms with van der Waals surface area (Å²) in [5.41, 5.74) is -8.30. The van der Waals surface area contributed by atoms with Gasteiger partial charge in [-0.2, -0.15) is 0 Å². The highest BCUT2D eigenvalue weighted by molar-refractivity contribution is 9.10. The van der Waals surface area contributed by atoms with Gasteiger partial charge in [0.15, 0.2) is 17.5 Å². The summed E-state index contributed by atoms with van der Waals surface area (Å²) in [6.07, 6.45) is -3.93. The normalized spacial score (nSPS) is 33.2. The number of carbonyl (C=O) groups excluding carboxylic acids is 4. The minimum Gasteiger partial charge on any atom is -0.507 e. The van der Waals surface area contributed by atoms with Crippen LogP contribution in [0.25, 0.3) is 11.0 Å². The molecule has 15 nitrogen and oxygen atoms in total. The smallest absolute Gasteiger partial charge is 0.409 e. The van der Waals surface area contributed by atoms with E-state index < -0.39 is 81.4 Å². The molecule has 2 amide bonds. The van der Waals surface area contributed by atoms with Crippen molar-refractivity contribution in [1.29, 1.82) is 0 Å². The third-order valence-corrected chi connectivity index (χ3v) is 12.2. The average Bonchev–Trinajstić information content (AvgIpc) is 3.06. The van der Waals surface area contributed by atoms with Crippen LogP contribution in [0.15, 0.2) is 44.5 Å². The van der Waals surface area contributed by atoms with Crippen molar-refractivity contribution in [2.75, 3.05) is 20.1 Å². The minimum absolute atomic E-state index is 0.0405. The van der Waals surface area contributed by atoms with Gasteiger partial charge in [0.05, 0.1) is 16.2 Å². The van der Waals surface area contributed by atoms with Crippen molar-refractivity contribution in [2.24, 2.45) is 16.7 Å². The van der Waals surface area contributed by atoms with Gasteiger partial charge in [-0.05, 0) is 54.1 Å². The lowest BCUT2D eigenvalue weighted by Crippen LogP contribution is -2.87. The molecule has 8 atom stereocenters. The van der Waals surface area contributed by atoms with E-state index in [1.807, 2.05) is 13.8 Å². The molecule has 0 radical (unpaired) electrons. The van der Waals surface area contributed by atoms with Crippen LogP contribution in [-0.4, -0.2) is 99.4 Å². The number of aliphatic hydroxyl groups is 2. The van der Waals surface area contributed by atoms with Crippen molar-refractivity contribution >= 4 is 50.8 Å². The van der Waals surface area contributed by atoms with E-state index in [0.29, 0.717) is 21.8 Å². The molecule has 3 fully saturated rings. The summed E-state index contributed by atoms with van der Waals surface area (Å²) in [6.45, 7) is 12.9. The number of rotatable bonds is 8. The first kappa shape index (κ1) is 40.2. The Kier molecular flexibility index (Phi) is 10.6. The number of phenolic OH excluding ortho intramolecular Hbond substituents is 1. The molecule has 1 aromatic heterocycles. The number of carbonyl (C=O) groups is 4. The third-order valence-electron chi connectivity index (χ3n) is 11.5. The van der Waals surface area contributed by atoms with Gasteiger partial charge in [0.25, 0.3) is 0 Å². The Morgan fingerprint density at radius 2 is 1.81 bits per heavy atom. The fraction of sp³-hybridized carbons (Fsp3) is 0.595. The minimum atomic E-state index is -2.38. The molecule has 4 N–H and O–H groups in total. The van der Waals surface area contributed by atoms with Crippen molar-refractivity contribution in [2.45, 2.75) is 103 Å². The predicted octanol–water partition coefficient (Wildman–Crippen LogP) is 4.10. The van der Waals surface area contributed by atoms with Gasteiger partial charge in [0.2, 0.25) is 0 Å². The number of aliphatic hydroxyl groups excluding tert-OH is 1. The van der Waals surface area contributed by atoms with Gasteiger partial charge in [0.1, 0.15) is 29.6 Å². The van der Waals surface area contributed by atoms with Crippen molar-refractivity contribution in [3.8, 4) is 5.75 Å². The largest absolute Gasteiger partial charge is 0.507 e. The fourth-order valence-corrected chi connectivity index (χ4v) is 9.27. The number of esters is 1. The van der Waals surface area contributed by atoms with Crippen LogP contribution in [0.4, 0.5) is 9.59 Å². The highest BCUT2D eigenvalue weighted by Gasteiger charge is 2.82. The molecule has 2 aromatic rings. The number of amides is 2. The van der Waals surface area contributed by atoms with Gasteiger partial charge in [-0.1, -0.05) is 26.8 Å². The Morgan fingerprint density at radius 1 is 1.13 bits per heavy atom. The number of nitrogens with one attached hydrogen (secondary N) is 1. The molecule has 53 heavy (non-hydrogen) atoms. The first-order valence-corrected chi connectivity index (χ1v) is 18.1. The first-order chi connectivity index (χ1) is 24.5. The average molecular weight is 808 g/mol. The molecule has 1 aromatic carbocycles. The van der Waals surface area contributed by atoms with E-state index in [2.05, 4.69) is 27.8 Å². The Labute approximate surface area is 314 Å². The van der Waals surface area contributed by atoms with E-state index >= 15 is 0 Å². The molecule has 5 rings (SSSR count). The Hall–Kier alpha value is -3.99. The van der Waals surface area contributed by atoms with Crippen molar-refractivity contribution in [3.05, 3.63) is 51.3 Å². The number of benzene rings is 1. The maximum Gasteiger partial charge on any atom is 0.409 e. The summed E-state index contributed by atoms with van der Waals surface area (Å²) in [5.74, 6) is -2.44. The molecular formula is C37H47BrN2O13. The Balaban J connectivity index is 1.35. The molecule has 1 aliphatic heterocycles. The monoisotopic (exact) mass is 806 g/mol. The van der Waals surface area contributed by atoms with E-state index in [1.54, 1.807) is 13.8 Å². The quantitative estimate of drug-likeness (QED) is 0.128. The standard InChI is InChI=1S/C37H47BrN2O13/c1-9-34(5)17-26(44)37(48)35(6)25(43)10-11-33(3,4)29(35)28(30(50-19(2)41)36(37,7)53-34)52-31(46)39-12-13-40(8)32(47)49-18-20-14-27(45)51-24-16-23(42)22(38)15-21(20)24/h9,14-16,25,28-30,42-43,48H,1,10-13,17-18H2,2-8H3,(H,39,46)/t25-,28-,29-,30-,34-,35-,36+,37-/m0/s1. The Bertz CT molecular complexity index is 1900. The number of aromatic hydroxyl groups is 1. The van der Waals surface area contributed by atoms with Crippen LogP contribution in [0.3, 0.4) is 0 Å². The lowest BCUT2D eigenvalue weighted by atomic mass is 9.39. The number of halogens is 1. The van der Waals surface area contributed by atoms with E-state index in [1.165, 1.54) is 43.1 Å². The molecule has 0 spiro atoms. The first-order valence-electron chi connectivity index (χ1n) is 17.3. The second-order valence-electron chi connectivity index (χ2n) is 15.5. The lowest BCUT2D eigenvalue weighted by molar-refractivity contribution is -0.369. The van der Waals surface area contributed by atoms with Gasteiger partial charge in [-0.3, -0.25) is 9.59 Å². The van der Waals surface area contributed by atoms with Crippen molar-refractivity contribution in [1.82, 2.24) is 10.2 Å². The summed E-state index contributed by atoms with van der Waals surface area (Å²) >= 11 is 3.22. The number of Topliss-reactive ketones (excluding diaryl/α,β-unsaturated/α-hetero) is 1. The van der Waals surface area contributed by atoms with Gasteiger partial charge in [-0.25, -0.2) is 14.4 Å². The van der Waals surface area contributed by atoms with E-state index in [0.717, 1.165) is 6.92 Å². The SMILES string of the molecule is C=C[C@@]1(C)CC(=O)[C@]2(O)[C@@]3(C)[C@@H](O)CCC(C)(C)[C@@H]3[C@H](OC(=O)NCCN(C)C(=O)OCc3cc(=O)oc4cc(O)c(Br)cc34)[C@H](OC(C)=O)[C@@]2(C)O1. The summed E-state index contributed by atoms with van der Waals surface area (Å²) in [7, 11) is 1.44. The van der Waals surface area contributed by atoms with Crippen LogP contribution in [0, 0.1) is 16.7 Å². The molecule has 2 saturated carbocycles. The molecule has 0 unspecified atom stereocenters. The zero-order chi connectivity index (χ0) is 39.5. The Morgan fingerprint density at radius 3 is 2.45 bits per heavy atom. The maximum atomic E-state index is 14.2. The van der Waals surface area contributed by atoms with Crippen LogP contribution < -0.4 is 10.9 Å². The second kappa shape index (κ2) is 14.0. The number of phenols is 1. The zero-order valence-corrected chi connectivity index (χ0v) is 32.4. The topological polar surface area (TPSA) is 211 Å². The highest BCUT2D eigenvalue weighted by Crippen LogP contribution is 2.67. The molecule has 0 bridgehead atoms. The van der Waals surface area contributed by atoms with E-state index in [-0.39, 0.29) is 43.9 Å². The number of ketones is 1. The number of fused-ring (bicyclic) bond motifs is 4. The molecule has 16 heteroatoms. The van der Waals surface area contributed by atoms with Crippen LogP contribution in [0.2, 0.25) is 0 Å². The maximum absolute atomic E-state index is 14.2. The van der Waals surface area contributed by atoms with Crippen LogP contribution in [0.5, 0.6) is 5.75 Å². The number of alkyl carbamates (subject to hydrolysis) is 1. The van der Waals surface area contributed by atoms with Crippen LogP contribution in [-0.2, 0) is 35.1 Å². The summed E-state index contributed by atoms with van der Waals surface area (Å²) in [6, 6.07) is 3.97. The third kappa shape index (κ3) is 6.72. The van der Waals surface area contributed by atoms with Crippen LogP contribution >= 0.6 is 15.9 Å². The van der Waals surface area contributed by atoms with Gasteiger partial charge >= 0.3 is 23.8 Å². The van der Waals surface area contributed by atoms with E-state index in [9.17, 15) is 39.3 Å². The van der Waals surface area contributed by atoms with Crippen molar-refractivity contribution in [3.63, 3.8) is 0 Å². The predicted molar refractivity (Wildman–Crippen MR) is 192 cm³/mol. The molecule has 1 saturated heterocycles. The summed E-state index contributed by atoms with van der Waals surface area (Å²) in [5, 5.41) is 37.4. The van der Waals surface area contributed by atoms with Crippen LogP contribution in [0.1, 0.15) is 66.4 Å². The summed E-state index contributed by atoms with van der Waals surface area (Å²) < 4.78 is 29.3. The van der Waals surface area contributed by atoms with Crippen molar-refractivity contribution < 1.29 is 57.9 Å². The van der Waals surface area contributed by atoms with Gasteiger partial charge in [-0.15, -0.1) is 6.58 Å². The lowest BCUT2D eigenvalue weighted by Gasteiger charge is -2.71. The van der Waals surface area contributed by atoms with Gasteiger partial charge < -0.3 is 48.9 Å². The number of likely N-dealkylation sites (N-methyl/N-ethyl adjacent to an activating group) is 1. The molecule has 290 valence electrons. The molecule has 2 aliphatic carbocycles.